The molecule has 0 bridgehead atoms. The molecular weight excluding hydrogens is 465 g/mol. The number of aromatic nitrogens is 3. The highest BCUT2D eigenvalue weighted by molar-refractivity contribution is 7.09. The fourth-order valence-corrected chi connectivity index (χ4v) is 4.00. The molecule has 4 rings (SSSR count). The van der Waals surface area contributed by atoms with Gasteiger partial charge in [-0.2, -0.15) is 13.2 Å². The molecule has 0 aliphatic heterocycles. The van der Waals surface area contributed by atoms with Crippen molar-refractivity contribution in [2.24, 2.45) is 5.16 Å². The Morgan fingerprint density at radius 1 is 1.26 bits per heavy atom. The smallest absolute Gasteiger partial charge is 0.389 e. The Kier molecular flexibility index (Phi) is 7.06. The molecule has 0 radical (unpaired) electrons. The first-order valence-corrected chi connectivity index (χ1v) is 11.4. The molecule has 0 spiro atoms. The van der Waals surface area contributed by atoms with E-state index < -0.39 is 24.8 Å². The van der Waals surface area contributed by atoms with Gasteiger partial charge >= 0.3 is 6.18 Å². The lowest BCUT2D eigenvalue weighted by molar-refractivity contribution is -0.143. The van der Waals surface area contributed by atoms with Crippen molar-refractivity contribution in [3.05, 3.63) is 76.0 Å². The Bertz CT molecular complexity index is 1330. The Morgan fingerprint density at radius 2 is 2.12 bits per heavy atom. The van der Waals surface area contributed by atoms with Crippen LogP contribution in [0.15, 0.2) is 59.3 Å². The van der Waals surface area contributed by atoms with Crippen molar-refractivity contribution in [3.63, 3.8) is 0 Å². The number of thiazole rings is 1. The van der Waals surface area contributed by atoms with E-state index in [1.54, 1.807) is 41.9 Å². The van der Waals surface area contributed by atoms with Crippen LogP contribution in [0.25, 0.3) is 16.9 Å². The number of hydrogen-bond acceptors (Lipinski definition) is 6. The number of alkyl halides is 3. The van der Waals surface area contributed by atoms with Gasteiger partial charge in [-0.3, -0.25) is 9.20 Å². The second-order valence-electron chi connectivity index (χ2n) is 7.73. The molecule has 0 unspecified atom stereocenters. The average molecular weight is 487 g/mol. The number of benzene rings is 1. The second-order valence-corrected chi connectivity index (χ2v) is 8.79. The standard InChI is InChI=1S/C24H21F3N4O2S/c1-16-30-20(15-34-16)14-33-29-12-18-6-8-31-22(13-28-23(31)11-18)19-4-2-3-17(9-19)10-21(32)5-7-24(25,26)27/h2-4,6,8-9,11-13,15H,5,7,10,14H2,1H3/b29-12+. The maximum absolute atomic E-state index is 12.4. The summed E-state index contributed by atoms with van der Waals surface area (Å²) in [4.78, 5) is 26.0. The van der Waals surface area contributed by atoms with E-state index in [0.29, 0.717) is 17.8 Å². The van der Waals surface area contributed by atoms with Gasteiger partial charge in [0.1, 0.15) is 11.4 Å². The van der Waals surface area contributed by atoms with E-state index in [1.807, 2.05) is 41.1 Å². The minimum Gasteiger partial charge on any atom is -0.389 e. The summed E-state index contributed by atoms with van der Waals surface area (Å²) < 4.78 is 39.0. The van der Waals surface area contributed by atoms with Gasteiger partial charge in [0.15, 0.2) is 6.61 Å². The lowest BCUT2D eigenvalue weighted by atomic mass is 10.0. The Hall–Kier alpha value is -3.53. The SMILES string of the molecule is Cc1nc(CO/N=C/c2ccn3c(-c4cccc(CC(=O)CCC(F)(F)F)c4)cnc3c2)cs1. The molecule has 0 atom stereocenters. The second kappa shape index (κ2) is 10.2. The molecule has 0 aliphatic rings. The van der Waals surface area contributed by atoms with E-state index in [-0.39, 0.29) is 6.42 Å². The highest BCUT2D eigenvalue weighted by atomic mass is 32.1. The Labute approximate surface area is 197 Å². The topological polar surface area (TPSA) is 68.8 Å². The van der Waals surface area contributed by atoms with E-state index in [1.165, 1.54) is 0 Å². The van der Waals surface area contributed by atoms with E-state index in [4.69, 9.17) is 4.84 Å². The highest BCUT2D eigenvalue weighted by Gasteiger charge is 2.27. The summed E-state index contributed by atoms with van der Waals surface area (Å²) in [5.74, 6) is -0.441. The van der Waals surface area contributed by atoms with Crippen LogP contribution < -0.4 is 0 Å². The minimum absolute atomic E-state index is 0.0399. The number of aryl methyl sites for hydroxylation is 1. The maximum Gasteiger partial charge on any atom is 0.389 e. The van der Waals surface area contributed by atoms with E-state index in [2.05, 4.69) is 15.1 Å². The normalized spacial score (nSPS) is 12.0. The van der Waals surface area contributed by atoms with Crippen LogP contribution in [-0.4, -0.2) is 32.5 Å². The van der Waals surface area contributed by atoms with Crippen LogP contribution in [0.1, 0.15) is 34.7 Å². The fourth-order valence-electron chi connectivity index (χ4n) is 3.40. The number of carbonyl (C=O) groups is 1. The van der Waals surface area contributed by atoms with Crippen molar-refractivity contribution in [2.45, 2.75) is 39.0 Å². The van der Waals surface area contributed by atoms with Gasteiger partial charge in [-0.05, 0) is 30.7 Å². The van der Waals surface area contributed by atoms with Gasteiger partial charge in [0.05, 0.1) is 35.2 Å². The number of halogens is 3. The Morgan fingerprint density at radius 3 is 2.88 bits per heavy atom. The molecular formula is C24H21F3N4O2S. The van der Waals surface area contributed by atoms with Gasteiger partial charge in [-0.25, -0.2) is 9.97 Å². The molecule has 0 aliphatic carbocycles. The quantitative estimate of drug-likeness (QED) is 0.222. The van der Waals surface area contributed by atoms with E-state index >= 15 is 0 Å². The van der Waals surface area contributed by atoms with Crippen molar-refractivity contribution in [1.29, 1.82) is 0 Å². The molecule has 34 heavy (non-hydrogen) atoms. The van der Waals surface area contributed by atoms with Crippen molar-refractivity contribution in [2.75, 3.05) is 0 Å². The van der Waals surface area contributed by atoms with Gasteiger partial charge in [-0.1, -0.05) is 23.4 Å². The zero-order valence-electron chi connectivity index (χ0n) is 18.2. The third-order valence-electron chi connectivity index (χ3n) is 5.00. The molecule has 3 aromatic heterocycles. The first-order chi connectivity index (χ1) is 16.3. The van der Waals surface area contributed by atoms with Crippen LogP contribution in [0.5, 0.6) is 0 Å². The fraction of sp³-hybridized carbons (Fsp3) is 0.250. The third kappa shape index (κ3) is 6.28. The lowest BCUT2D eigenvalue weighted by Crippen LogP contribution is -2.12. The number of Topliss-reactive ketones (excluding diaryl/α,β-unsaturated/α-hetero) is 1. The third-order valence-corrected chi connectivity index (χ3v) is 5.83. The molecule has 0 saturated heterocycles. The largest absolute Gasteiger partial charge is 0.389 e. The van der Waals surface area contributed by atoms with Gasteiger partial charge in [-0.15, -0.1) is 11.3 Å². The molecule has 10 heteroatoms. The van der Waals surface area contributed by atoms with Crippen LogP contribution in [0.3, 0.4) is 0 Å². The number of pyridine rings is 1. The summed E-state index contributed by atoms with van der Waals surface area (Å²) >= 11 is 1.56. The minimum atomic E-state index is -4.33. The number of carbonyl (C=O) groups excluding carboxylic acids is 1. The van der Waals surface area contributed by atoms with Crippen LogP contribution in [0.4, 0.5) is 13.2 Å². The first kappa shape index (κ1) is 23.6. The highest BCUT2D eigenvalue weighted by Crippen LogP contribution is 2.24. The van der Waals surface area contributed by atoms with Crippen LogP contribution in [0.2, 0.25) is 0 Å². The summed E-state index contributed by atoms with van der Waals surface area (Å²) in [6.45, 7) is 2.23. The molecule has 6 nitrogen and oxygen atoms in total. The number of ketones is 1. The monoisotopic (exact) mass is 486 g/mol. The number of hydrogen-bond donors (Lipinski definition) is 0. The summed E-state index contributed by atoms with van der Waals surface area (Å²) in [5.41, 5.74) is 4.62. The molecule has 176 valence electrons. The molecule has 0 N–H and O–H groups in total. The number of imidazole rings is 1. The molecule has 4 aromatic rings. The summed E-state index contributed by atoms with van der Waals surface area (Å²) in [6, 6.07) is 10.9. The lowest BCUT2D eigenvalue weighted by Gasteiger charge is -2.07. The van der Waals surface area contributed by atoms with E-state index in [0.717, 1.165) is 27.5 Å². The number of fused-ring (bicyclic) bond motifs is 1. The van der Waals surface area contributed by atoms with Crippen molar-refractivity contribution in [1.82, 2.24) is 14.4 Å². The van der Waals surface area contributed by atoms with E-state index in [9.17, 15) is 18.0 Å². The molecule has 3 heterocycles. The predicted molar refractivity (Wildman–Crippen MR) is 124 cm³/mol. The summed E-state index contributed by atoms with van der Waals surface area (Å²) in [5, 5.41) is 6.89. The predicted octanol–water partition coefficient (Wildman–Crippen LogP) is 5.77. The number of oxime groups is 1. The zero-order valence-corrected chi connectivity index (χ0v) is 19.1. The van der Waals surface area contributed by atoms with Gasteiger partial charge in [0.25, 0.3) is 0 Å². The molecule has 1 aromatic carbocycles. The molecule has 0 fully saturated rings. The average Bonchev–Trinajstić information content (AvgIpc) is 3.40. The summed E-state index contributed by atoms with van der Waals surface area (Å²) in [6.07, 6.45) is -0.820. The maximum atomic E-state index is 12.4. The van der Waals surface area contributed by atoms with Crippen molar-refractivity contribution in [3.8, 4) is 11.3 Å². The van der Waals surface area contributed by atoms with Crippen molar-refractivity contribution >= 4 is 29.0 Å². The van der Waals surface area contributed by atoms with Crippen LogP contribution >= 0.6 is 11.3 Å². The van der Waals surface area contributed by atoms with Crippen LogP contribution in [0, 0.1) is 6.92 Å². The van der Waals surface area contributed by atoms with Gasteiger partial charge in [0, 0.05) is 35.5 Å². The number of rotatable bonds is 9. The van der Waals surface area contributed by atoms with Gasteiger partial charge in [0.2, 0.25) is 0 Å². The summed E-state index contributed by atoms with van der Waals surface area (Å²) in [7, 11) is 0. The number of nitrogens with zero attached hydrogens (tertiary/aromatic N) is 4. The molecule has 0 amide bonds. The Balaban J connectivity index is 1.43. The zero-order chi connectivity index (χ0) is 24.1. The van der Waals surface area contributed by atoms with Gasteiger partial charge < -0.3 is 4.84 Å². The first-order valence-electron chi connectivity index (χ1n) is 10.5. The van der Waals surface area contributed by atoms with Crippen molar-refractivity contribution < 1.29 is 22.8 Å². The van der Waals surface area contributed by atoms with Crippen LogP contribution in [-0.2, 0) is 22.7 Å². The molecule has 0 saturated carbocycles.